The molecule has 0 aliphatic heterocycles. The standard InChI is InChI=1S/C11H9BrN2O/c1-8-5-6-11(14-13-8)15-10-4-2-3-9(12)7-10/h2-7H,1H3. The van der Waals surface area contributed by atoms with Crippen molar-refractivity contribution in [1.82, 2.24) is 10.2 Å². The van der Waals surface area contributed by atoms with Gasteiger partial charge in [0, 0.05) is 10.5 Å². The summed E-state index contributed by atoms with van der Waals surface area (Å²) in [6, 6.07) is 11.2. The van der Waals surface area contributed by atoms with Crippen LogP contribution < -0.4 is 4.74 Å². The molecule has 2 aromatic rings. The van der Waals surface area contributed by atoms with Crippen LogP contribution in [-0.4, -0.2) is 10.2 Å². The summed E-state index contributed by atoms with van der Waals surface area (Å²) in [6.45, 7) is 1.88. The molecule has 0 amide bonds. The summed E-state index contributed by atoms with van der Waals surface area (Å²) in [5, 5.41) is 7.83. The summed E-state index contributed by atoms with van der Waals surface area (Å²) in [7, 11) is 0. The van der Waals surface area contributed by atoms with Gasteiger partial charge >= 0.3 is 0 Å². The Morgan fingerprint density at radius 2 is 2.00 bits per heavy atom. The van der Waals surface area contributed by atoms with Gasteiger partial charge in [-0.3, -0.25) is 0 Å². The molecule has 1 aromatic heterocycles. The minimum atomic E-state index is 0.499. The Balaban J connectivity index is 2.18. The zero-order chi connectivity index (χ0) is 10.7. The second kappa shape index (κ2) is 4.40. The fraction of sp³-hybridized carbons (Fsp3) is 0.0909. The van der Waals surface area contributed by atoms with E-state index < -0.39 is 0 Å². The average Bonchev–Trinajstić information content (AvgIpc) is 2.22. The van der Waals surface area contributed by atoms with Crippen molar-refractivity contribution in [3.8, 4) is 11.6 Å². The normalized spacial score (nSPS) is 10.0. The molecule has 1 aromatic carbocycles. The Kier molecular flexibility index (Phi) is 2.97. The number of hydrogen-bond acceptors (Lipinski definition) is 3. The maximum absolute atomic E-state index is 5.51. The molecular formula is C11H9BrN2O. The lowest BCUT2D eigenvalue weighted by atomic mass is 10.3. The summed E-state index contributed by atoms with van der Waals surface area (Å²) < 4.78 is 6.48. The number of hydrogen-bond donors (Lipinski definition) is 0. The van der Waals surface area contributed by atoms with E-state index in [2.05, 4.69) is 26.1 Å². The molecule has 15 heavy (non-hydrogen) atoms. The van der Waals surface area contributed by atoms with Crippen molar-refractivity contribution < 1.29 is 4.74 Å². The molecule has 76 valence electrons. The van der Waals surface area contributed by atoms with Gasteiger partial charge in [-0.25, -0.2) is 0 Å². The van der Waals surface area contributed by atoms with Gasteiger partial charge in [0.1, 0.15) is 5.75 Å². The molecule has 2 rings (SSSR count). The molecule has 0 atom stereocenters. The van der Waals surface area contributed by atoms with Gasteiger partial charge < -0.3 is 4.74 Å². The number of benzene rings is 1. The molecule has 0 bridgehead atoms. The van der Waals surface area contributed by atoms with Crippen LogP contribution in [0.25, 0.3) is 0 Å². The Morgan fingerprint density at radius 3 is 2.67 bits per heavy atom. The SMILES string of the molecule is Cc1ccc(Oc2cccc(Br)c2)nn1. The Morgan fingerprint density at radius 1 is 1.13 bits per heavy atom. The highest BCUT2D eigenvalue weighted by molar-refractivity contribution is 9.10. The lowest BCUT2D eigenvalue weighted by Crippen LogP contribution is -1.91. The zero-order valence-electron chi connectivity index (χ0n) is 8.14. The monoisotopic (exact) mass is 264 g/mol. The van der Waals surface area contributed by atoms with Gasteiger partial charge in [0.25, 0.3) is 0 Å². The molecule has 0 unspecified atom stereocenters. The topological polar surface area (TPSA) is 35.0 Å². The van der Waals surface area contributed by atoms with E-state index in [1.54, 1.807) is 6.07 Å². The third-order valence-corrected chi connectivity index (χ3v) is 2.29. The van der Waals surface area contributed by atoms with Crippen LogP contribution in [0.1, 0.15) is 5.69 Å². The van der Waals surface area contributed by atoms with Gasteiger partial charge in [-0.1, -0.05) is 22.0 Å². The van der Waals surface area contributed by atoms with Gasteiger partial charge in [-0.15, -0.1) is 5.10 Å². The first-order valence-electron chi connectivity index (χ1n) is 4.48. The molecule has 0 saturated carbocycles. The van der Waals surface area contributed by atoms with Crippen LogP contribution in [0.4, 0.5) is 0 Å². The highest BCUT2D eigenvalue weighted by Gasteiger charge is 1.99. The average molecular weight is 265 g/mol. The number of halogens is 1. The molecule has 4 heteroatoms. The van der Waals surface area contributed by atoms with Crippen molar-refractivity contribution in [3.05, 3.63) is 46.6 Å². The Bertz CT molecular complexity index is 456. The minimum absolute atomic E-state index is 0.499. The highest BCUT2D eigenvalue weighted by Crippen LogP contribution is 2.22. The van der Waals surface area contributed by atoms with Crippen molar-refractivity contribution in [2.24, 2.45) is 0 Å². The molecule has 0 radical (unpaired) electrons. The van der Waals surface area contributed by atoms with E-state index in [0.29, 0.717) is 5.88 Å². The van der Waals surface area contributed by atoms with Crippen molar-refractivity contribution in [2.45, 2.75) is 6.92 Å². The molecule has 1 heterocycles. The lowest BCUT2D eigenvalue weighted by Gasteiger charge is -2.03. The van der Waals surface area contributed by atoms with E-state index in [1.165, 1.54) is 0 Å². The fourth-order valence-corrected chi connectivity index (χ4v) is 1.47. The number of ether oxygens (including phenoxy) is 1. The molecule has 0 aliphatic rings. The smallest absolute Gasteiger partial charge is 0.238 e. The Hall–Kier alpha value is -1.42. The van der Waals surface area contributed by atoms with Crippen LogP contribution in [0.5, 0.6) is 11.6 Å². The van der Waals surface area contributed by atoms with E-state index in [1.807, 2.05) is 37.3 Å². The van der Waals surface area contributed by atoms with E-state index in [4.69, 9.17) is 4.74 Å². The third-order valence-electron chi connectivity index (χ3n) is 1.79. The van der Waals surface area contributed by atoms with Gasteiger partial charge in [0.15, 0.2) is 0 Å². The minimum Gasteiger partial charge on any atom is -0.437 e. The molecule has 0 N–H and O–H groups in total. The van der Waals surface area contributed by atoms with Gasteiger partial charge in [-0.2, -0.15) is 5.10 Å². The maximum atomic E-state index is 5.51. The molecule has 0 fully saturated rings. The molecular weight excluding hydrogens is 256 g/mol. The van der Waals surface area contributed by atoms with E-state index in [9.17, 15) is 0 Å². The van der Waals surface area contributed by atoms with Crippen molar-refractivity contribution >= 4 is 15.9 Å². The fourth-order valence-electron chi connectivity index (χ4n) is 1.09. The van der Waals surface area contributed by atoms with Crippen molar-refractivity contribution in [2.75, 3.05) is 0 Å². The summed E-state index contributed by atoms with van der Waals surface area (Å²) in [6.07, 6.45) is 0. The van der Waals surface area contributed by atoms with Gasteiger partial charge in [-0.05, 0) is 31.2 Å². The van der Waals surface area contributed by atoms with Crippen LogP contribution in [0.15, 0.2) is 40.9 Å². The van der Waals surface area contributed by atoms with Gasteiger partial charge in [0.2, 0.25) is 5.88 Å². The van der Waals surface area contributed by atoms with E-state index >= 15 is 0 Å². The van der Waals surface area contributed by atoms with Gasteiger partial charge in [0.05, 0.1) is 5.69 Å². The summed E-state index contributed by atoms with van der Waals surface area (Å²) in [4.78, 5) is 0. The van der Waals surface area contributed by atoms with Crippen LogP contribution >= 0.6 is 15.9 Å². The third kappa shape index (κ3) is 2.76. The highest BCUT2D eigenvalue weighted by atomic mass is 79.9. The molecule has 3 nitrogen and oxygen atoms in total. The first-order chi connectivity index (χ1) is 7.24. The summed E-state index contributed by atoms with van der Waals surface area (Å²) in [5.74, 6) is 1.24. The Labute approximate surface area is 96.2 Å². The number of rotatable bonds is 2. The van der Waals surface area contributed by atoms with Crippen LogP contribution in [0, 0.1) is 6.92 Å². The maximum Gasteiger partial charge on any atom is 0.238 e. The zero-order valence-corrected chi connectivity index (χ0v) is 9.73. The number of nitrogens with zero attached hydrogens (tertiary/aromatic N) is 2. The van der Waals surface area contributed by atoms with E-state index in [-0.39, 0.29) is 0 Å². The van der Waals surface area contributed by atoms with E-state index in [0.717, 1.165) is 15.9 Å². The van der Waals surface area contributed by atoms with Crippen LogP contribution in [-0.2, 0) is 0 Å². The van der Waals surface area contributed by atoms with Crippen LogP contribution in [0.2, 0.25) is 0 Å². The lowest BCUT2D eigenvalue weighted by molar-refractivity contribution is 0.454. The number of aryl methyl sites for hydroxylation is 1. The quantitative estimate of drug-likeness (QED) is 0.835. The van der Waals surface area contributed by atoms with Crippen LogP contribution in [0.3, 0.4) is 0 Å². The van der Waals surface area contributed by atoms with Crippen molar-refractivity contribution in [3.63, 3.8) is 0 Å². The first kappa shape index (κ1) is 10.1. The first-order valence-corrected chi connectivity index (χ1v) is 5.27. The second-order valence-electron chi connectivity index (χ2n) is 3.07. The predicted octanol–water partition coefficient (Wildman–Crippen LogP) is 3.34. The summed E-state index contributed by atoms with van der Waals surface area (Å²) >= 11 is 3.37. The summed E-state index contributed by atoms with van der Waals surface area (Å²) in [5.41, 5.74) is 0.872. The molecule has 0 saturated heterocycles. The molecule has 0 spiro atoms. The molecule has 0 aliphatic carbocycles. The van der Waals surface area contributed by atoms with Crippen molar-refractivity contribution in [1.29, 1.82) is 0 Å². The number of aromatic nitrogens is 2. The second-order valence-corrected chi connectivity index (χ2v) is 3.99. The largest absolute Gasteiger partial charge is 0.437 e. The predicted molar refractivity (Wildman–Crippen MR) is 61.0 cm³/mol.